The lowest BCUT2D eigenvalue weighted by Crippen LogP contribution is -2.54. The minimum atomic E-state index is -0.841. The Morgan fingerprint density at radius 3 is 2.69 bits per heavy atom. The van der Waals surface area contributed by atoms with E-state index in [-0.39, 0.29) is 29.6 Å². The molecule has 0 unspecified atom stereocenters. The van der Waals surface area contributed by atoms with Gasteiger partial charge >= 0.3 is 0 Å². The summed E-state index contributed by atoms with van der Waals surface area (Å²) in [4.78, 5) is 23.8. The summed E-state index contributed by atoms with van der Waals surface area (Å²) in [5, 5.41) is 4.59. The van der Waals surface area contributed by atoms with E-state index in [4.69, 9.17) is 32.7 Å². The molecule has 35 heavy (non-hydrogen) atoms. The molecule has 2 saturated heterocycles. The number of ether oxygens (including phenoxy) is 2. The van der Waals surface area contributed by atoms with E-state index in [2.05, 4.69) is 15.3 Å². The second-order valence-electron chi connectivity index (χ2n) is 9.10. The average Bonchev–Trinajstić information content (AvgIpc) is 2.88. The zero-order chi connectivity index (χ0) is 24.9. The van der Waals surface area contributed by atoms with Crippen molar-refractivity contribution < 1.29 is 18.7 Å². The number of carbonyl (C=O) groups is 1. The molecule has 3 heterocycles. The molecule has 4 rings (SSSR count). The number of benzene rings is 1. The van der Waals surface area contributed by atoms with Gasteiger partial charge in [0.1, 0.15) is 12.4 Å². The number of hydrogen-bond acceptors (Lipinski definition) is 6. The normalized spacial score (nSPS) is 21.3. The number of halogens is 3. The summed E-state index contributed by atoms with van der Waals surface area (Å²) in [6.07, 6.45) is 3.01. The Hall–Kier alpha value is -1.84. The number of piperidine rings is 1. The fourth-order valence-electron chi connectivity index (χ4n) is 4.73. The van der Waals surface area contributed by atoms with Crippen LogP contribution in [0.4, 0.5) is 4.39 Å². The van der Waals surface area contributed by atoms with Crippen molar-refractivity contribution in [1.29, 1.82) is 0 Å². The van der Waals surface area contributed by atoms with Crippen molar-refractivity contribution in [2.45, 2.75) is 57.5 Å². The maximum absolute atomic E-state index is 13.6. The highest BCUT2D eigenvalue weighted by Gasteiger charge is 2.31. The summed E-state index contributed by atoms with van der Waals surface area (Å²) in [5.41, 5.74) is 2.40. The van der Waals surface area contributed by atoms with Gasteiger partial charge in [-0.3, -0.25) is 4.79 Å². The first-order valence-electron chi connectivity index (χ1n) is 11.9. The van der Waals surface area contributed by atoms with Crippen LogP contribution in [-0.2, 0) is 22.6 Å². The largest absolute Gasteiger partial charge is 0.379 e. The second kappa shape index (κ2) is 11.9. The van der Waals surface area contributed by atoms with Crippen molar-refractivity contribution in [2.75, 3.05) is 33.4 Å². The zero-order valence-electron chi connectivity index (χ0n) is 20.0. The first-order valence-corrected chi connectivity index (χ1v) is 12.7. The Bertz CT molecular complexity index is 1050. The molecule has 2 atom stereocenters. The van der Waals surface area contributed by atoms with Crippen LogP contribution < -0.4 is 5.32 Å². The van der Waals surface area contributed by atoms with E-state index in [0.29, 0.717) is 53.5 Å². The zero-order valence-corrected chi connectivity index (χ0v) is 21.5. The van der Waals surface area contributed by atoms with Crippen LogP contribution in [-0.4, -0.2) is 72.4 Å². The highest BCUT2D eigenvalue weighted by atomic mass is 35.5. The molecule has 2 aliphatic rings. The summed E-state index contributed by atoms with van der Waals surface area (Å²) in [7, 11) is 1.71. The number of rotatable bonds is 7. The van der Waals surface area contributed by atoms with Gasteiger partial charge in [-0.1, -0.05) is 29.3 Å². The smallest absolute Gasteiger partial charge is 0.272 e. The Kier molecular flexibility index (Phi) is 8.94. The molecule has 1 aromatic heterocycles. The van der Waals surface area contributed by atoms with Crippen LogP contribution in [0, 0.1) is 6.92 Å². The summed E-state index contributed by atoms with van der Waals surface area (Å²) in [6.45, 7) is 3.50. The van der Waals surface area contributed by atoms with Gasteiger partial charge in [0.05, 0.1) is 28.5 Å². The Balaban J connectivity index is 1.44. The van der Waals surface area contributed by atoms with Gasteiger partial charge in [0.25, 0.3) is 5.91 Å². The Morgan fingerprint density at radius 1 is 1.23 bits per heavy atom. The van der Waals surface area contributed by atoms with Crippen LogP contribution in [0.2, 0.25) is 10.0 Å². The standard InChI is InChI=1S/C25H31Cl2FN4O3/c1-15-21(12-16-3-4-18(26)19(27)11-16)30-23(13-28)31-24(15)25(33)32-8-5-17(6-9-32)29-20-7-10-35-14-22(20)34-2/h3-4,11,17,20,22,29H,5-10,12-14H2,1-2H3/t20-,22+/m1/s1. The number of amides is 1. The molecule has 190 valence electrons. The summed E-state index contributed by atoms with van der Waals surface area (Å²) in [6, 6.07) is 5.87. The molecule has 1 N–H and O–H groups in total. The van der Waals surface area contributed by atoms with Gasteiger partial charge in [-0.15, -0.1) is 0 Å². The van der Waals surface area contributed by atoms with E-state index < -0.39 is 6.67 Å². The molecular weight excluding hydrogens is 494 g/mol. The van der Waals surface area contributed by atoms with Gasteiger partial charge in [0.2, 0.25) is 0 Å². The van der Waals surface area contributed by atoms with Gasteiger partial charge in [-0.2, -0.15) is 0 Å². The van der Waals surface area contributed by atoms with E-state index in [9.17, 15) is 9.18 Å². The summed E-state index contributed by atoms with van der Waals surface area (Å²) < 4.78 is 24.7. The van der Waals surface area contributed by atoms with Crippen LogP contribution in [0.1, 0.15) is 52.4 Å². The average molecular weight is 525 g/mol. The van der Waals surface area contributed by atoms with E-state index in [1.54, 1.807) is 24.1 Å². The third kappa shape index (κ3) is 6.30. The predicted octanol–water partition coefficient (Wildman–Crippen LogP) is 4.15. The second-order valence-corrected chi connectivity index (χ2v) is 9.91. The minimum absolute atomic E-state index is 0.00990. The fourth-order valence-corrected chi connectivity index (χ4v) is 5.05. The number of likely N-dealkylation sites (tertiary alicyclic amines) is 1. The fraction of sp³-hybridized carbons (Fsp3) is 0.560. The van der Waals surface area contributed by atoms with Crippen molar-refractivity contribution in [3.05, 3.63) is 56.6 Å². The number of hydrogen-bond donors (Lipinski definition) is 1. The van der Waals surface area contributed by atoms with Crippen molar-refractivity contribution in [1.82, 2.24) is 20.2 Å². The number of methoxy groups -OCH3 is 1. The van der Waals surface area contributed by atoms with E-state index >= 15 is 0 Å². The lowest BCUT2D eigenvalue weighted by Gasteiger charge is -2.38. The van der Waals surface area contributed by atoms with E-state index in [0.717, 1.165) is 31.4 Å². The number of nitrogens with zero attached hydrogens (tertiary/aromatic N) is 3. The van der Waals surface area contributed by atoms with Crippen LogP contribution in [0.25, 0.3) is 0 Å². The first kappa shape index (κ1) is 26.2. The van der Waals surface area contributed by atoms with E-state index in [1.807, 2.05) is 13.0 Å². The van der Waals surface area contributed by atoms with Crippen molar-refractivity contribution in [2.24, 2.45) is 0 Å². The molecule has 2 aliphatic heterocycles. The third-order valence-corrected chi connectivity index (χ3v) is 7.55. The maximum Gasteiger partial charge on any atom is 0.272 e. The predicted molar refractivity (Wildman–Crippen MR) is 133 cm³/mol. The Morgan fingerprint density at radius 2 is 2.00 bits per heavy atom. The molecule has 7 nitrogen and oxygen atoms in total. The van der Waals surface area contributed by atoms with E-state index in [1.165, 1.54) is 0 Å². The molecule has 1 amide bonds. The summed E-state index contributed by atoms with van der Waals surface area (Å²) in [5.74, 6) is -0.176. The first-order chi connectivity index (χ1) is 16.9. The molecule has 10 heteroatoms. The van der Waals surface area contributed by atoms with Crippen molar-refractivity contribution in [3.8, 4) is 0 Å². The molecule has 0 radical (unpaired) electrons. The molecule has 0 spiro atoms. The Labute approximate surface area is 215 Å². The topological polar surface area (TPSA) is 76.6 Å². The SMILES string of the molecule is CO[C@H]1COCC[C@H]1NC1CCN(C(=O)c2nc(CF)nc(Cc3ccc(Cl)c(Cl)c3)c2C)CC1. The highest BCUT2D eigenvalue weighted by Crippen LogP contribution is 2.25. The molecule has 2 aromatic rings. The van der Waals surface area contributed by atoms with Gasteiger partial charge in [-0.05, 0) is 43.9 Å². The lowest BCUT2D eigenvalue weighted by atomic mass is 9.99. The van der Waals surface area contributed by atoms with Crippen LogP contribution >= 0.6 is 23.2 Å². The number of carbonyl (C=O) groups excluding carboxylic acids is 1. The number of alkyl halides is 1. The van der Waals surface area contributed by atoms with Gasteiger partial charge in [0.15, 0.2) is 5.82 Å². The van der Waals surface area contributed by atoms with Crippen LogP contribution in [0.15, 0.2) is 18.2 Å². The summed E-state index contributed by atoms with van der Waals surface area (Å²) >= 11 is 12.2. The minimum Gasteiger partial charge on any atom is -0.379 e. The third-order valence-electron chi connectivity index (χ3n) is 6.81. The molecule has 0 bridgehead atoms. The van der Waals surface area contributed by atoms with Gasteiger partial charge < -0.3 is 19.7 Å². The molecular formula is C25H31Cl2FN4O3. The quantitative estimate of drug-likeness (QED) is 0.586. The lowest BCUT2D eigenvalue weighted by molar-refractivity contribution is -0.0533. The number of aromatic nitrogens is 2. The highest BCUT2D eigenvalue weighted by molar-refractivity contribution is 6.42. The molecule has 0 aliphatic carbocycles. The maximum atomic E-state index is 13.6. The van der Waals surface area contributed by atoms with Crippen LogP contribution in [0.5, 0.6) is 0 Å². The molecule has 0 saturated carbocycles. The molecule has 1 aromatic carbocycles. The molecule has 2 fully saturated rings. The van der Waals surface area contributed by atoms with Gasteiger partial charge in [0, 0.05) is 50.9 Å². The van der Waals surface area contributed by atoms with Crippen molar-refractivity contribution >= 4 is 29.1 Å². The monoisotopic (exact) mass is 524 g/mol. The van der Waals surface area contributed by atoms with Crippen LogP contribution in [0.3, 0.4) is 0 Å². The van der Waals surface area contributed by atoms with Crippen molar-refractivity contribution in [3.63, 3.8) is 0 Å². The van der Waals surface area contributed by atoms with Gasteiger partial charge in [-0.25, -0.2) is 14.4 Å². The number of nitrogens with one attached hydrogen (secondary N) is 1.